The van der Waals surface area contributed by atoms with Crippen molar-refractivity contribution in [3.8, 4) is 0 Å². The first-order valence-corrected chi connectivity index (χ1v) is 9.43. The SMILES string of the molecule is Cc1ccc(N2C[C@H](C(=O)Nc3n[nH]c(S(C)(=O)=O)n3)CC2=O)cc1. The molecule has 25 heavy (non-hydrogen) atoms. The van der Waals surface area contributed by atoms with Crippen molar-refractivity contribution >= 4 is 33.3 Å². The summed E-state index contributed by atoms with van der Waals surface area (Å²) in [5.74, 6) is -1.27. The van der Waals surface area contributed by atoms with Gasteiger partial charge in [0.15, 0.2) is 0 Å². The number of hydrogen-bond acceptors (Lipinski definition) is 6. The summed E-state index contributed by atoms with van der Waals surface area (Å²) in [6, 6.07) is 7.47. The van der Waals surface area contributed by atoms with Crippen molar-refractivity contribution < 1.29 is 18.0 Å². The third-order valence-corrected chi connectivity index (χ3v) is 4.78. The average molecular weight is 363 g/mol. The van der Waals surface area contributed by atoms with Crippen molar-refractivity contribution in [2.45, 2.75) is 18.5 Å². The maximum atomic E-state index is 12.3. The maximum Gasteiger partial charge on any atom is 0.249 e. The number of nitrogens with one attached hydrogen (secondary N) is 2. The van der Waals surface area contributed by atoms with E-state index in [2.05, 4.69) is 20.5 Å². The molecule has 2 amide bonds. The minimum absolute atomic E-state index is 0.0725. The van der Waals surface area contributed by atoms with E-state index in [1.807, 2.05) is 31.2 Å². The molecule has 9 nitrogen and oxygen atoms in total. The van der Waals surface area contributed by atoms with Crippen LogP contribution in [0.4, 0.5) is 11.6 Å². The fourth-order valence-corrected chi connectivity index (χ4v) is 3.00. The molecule has 0 radical (unpaired) electrons. The lowest BCUT2D eigenvalue weighted by Crippen LogP contribution is -2.28. The summed E-state index contributed by atoms with van der Waals surface area (Å²) in [4.78, 5) is 29.8. The maximum absolute atomic E-state index is 12.3. The molecule has 0 unspecified atom stereocenters. The molecule has 1 atom stereocenters. The van der Waals surface area contributed by atoms with Crippen LogP contribution in [0.2, 0.25) is 0 Å². The number of aryl methyl sites for hydroxylation is 1. The standard InChI is InChI=1S/C15H17N5O4S/c1-9-3-5-11(6-4-9)20-8-10(7-12(20)21)13(22)16-14-17-15(19-18-14)25(2,23)24/h3-6,10H,7-8H2,1-2H3,(H2,16,17,18,19,22)/t10-/m1/s1. The molecule has 1 fully saturated rings. The lowest BCUT2D eigenvalue weighted by Gasteiger charge is -2.16. The molecule has 0 bridgehead atoms. The van der Waals surface area contributed by atoms with Gasteiger partial charge in [0.05, 0.1) is 5.92 Å². The van der Waals surface area contributed by atoms with Crippen molar-refractivity contribution in [2.24, 2.45) is 5.92 Å². The van der Waals surface area contributed by atoms with Crippen LogP contribution in [0.15, 0.2) is 29.4 Å². The predicted molar refractivity (Wildman–Crippen MR) is 89.8 cm³/mol. The first-order valence-electron chi connectivity index (χ1n) is 7.54. The molecule has 0 saturated carbocycles. The highest BCUT2D eigenvalue weighted by Crippen LogP contribution is 2.26. The third-order valence-electron chi connectivity index (χ3n) is 3.89. The number of sulfone groups is 1. The molecule has 1 aromatic carbocycles. The number of hydrogen-bond donors (Lipinski definition) is 2. The molecule has 10 heteroatoms. The number of anilines is 2. The van der Waals surface area contributed by atoms with Crippen LogP contribution in [0.5, 0.6) is 0 Å². The first kappa shape index (κ1) is 17.1. The minimum Gasteiger partial charge on any atom is -0.312 e. The monoisotopic (exact) mass is 363 g/mol. The van der Waals surface area contributed by atoms with Gasteiger partial charge in [-0.2, -0.15) is 4.98 Å². The van der Waals surface area contributed by atoms with Crippen LogP contribution in [0.25, 0.3) is 0 Å². The highest BCUT2D eigenvalue weighted by Gasteiger charge is 2.35. The topological polar surface area (TPSA) is 125 Å². The molecule has 3 rings (SSSR count). The van der Waals surface area contributed by atoms with Crippen LogP contribution >= 0.6 is 0 Å². The highest BCUT2D eigenvalue weighted by molar-refractivity contribution is 7.90. The third kappa shape index (κ3) is 3.68. The summed E-state index contributed by atoms with van der Waals surface area (Å²) < 4.78 is 22.7. The van der Waals surface area contributed by atoms with Gasteiger partial charge in [-0.25, -0.2) is 13.5 Å². The van der Waals surface area contributed by atoms with Crippen LogP contribution in [0.1, 0.15) is 12.0 Å². The Kier molecular flexibility index (Phi) is 4.29. The normalized spacial score (nSPS) is 17.8. The van der Waals surface area contributed by atoms with E-state index in [0.29, 0.717) is 0 Å². The van der Waals surface area contributed by atoms with Gasteiger partial charge < -0.3 is 4.90 Å². The molecule has 1 aliphatic rings. The van der Waals surface area contributed by atoms with E-state index >= 15 is 0 Å². The number of H-pyrrole nitrogens is 1. The van der Waals surface area contributed by atoms with E-state index < -0.39 is 21.7 Å². The van der Waals surface area contributed by atoms with Crippen LogP contribution in [-0.4, -0.2) is 48.2 Å². The van der Waals surface area contributed by atoms with Gasteiger partial charge in [-0.3, -0.25) is 14.9 Å². The Morgan fingerprint density at radius 2 is 2.00 bits per heavy atom. The predicted octanol–water partition coefficient (Wildman–Crippen LogP) is 0.508. The smallest absolute Gasteiger partial charge is 0.249 e. The second kappa shape index (κ2) is 6.28. The highest BCUT2D eigenvalue weighted by atomic mass is 32.2. The molecule has 1 aromatic heterocycles. The number of benzene rings is 1. The van der Waals surface area contributed by atoms with Crippen LogP contribution in [0.3, 0.4) is 0 Å². The van der Waals surface area contributed by atoms with Gasteiger partial charge in [0.2, 0.25) is 32.8 Å². The van der Waals surface area contributed by atoms with E-state index in [9.17, 15) is 18.0 Å². The van der Waals surface area contributed by atoms with Gasteiger partial charge in [0.25, 0.3) is 0 Å². The Hall–Kier alpha value is -2.75. The Morgan fingerprint density at radius 1 is 1.32 bits per heavy atom. The number of nitrogens with zero attached hydrogens (tertiary/aromatic N) is 3. The molecular formula is C15H17N5O4S. The number of aromatic amines is 1. The summed E-state index contributed by atoms with van der Waals surface area (Å²) in [7, 11) is -3.54. The summed E-state index contributed by atoms with van der Waals surface area (Å²) in [6.07, 6.45) is 1.05. The van der Waals surface area contributed by atoms with Crippen molar-refractivity contribution in [2.75, 3.05) is 23.0 Å². The summed E-state index contributed by atoms with van der Waals surface area (Å²) in [5.41, 5.74) is 1.82. The van der Waals surface area contributed by atoms with Gasteiger partial charge in [0, 0.05) is 24.9 Å². The molecule has 0 spiro atoms. The van der Waals surface area contributed by atoms with Crippen molar-refractivity contribution in [3.05, 3.63) is 29.8 Å². The number of rotatable bonds is 4. The van der Waals surface area contributed by atoms with Gasteiger partial charge in [-0.1, -0.05) is 17.7 Å². The summed E-state index contributed by atoms with van der Waals surface area (Å²) in [6.45, 7) is 2.20. The summed E-state index contributed by atoms with van der Waals surface area (Å²) >= 11 is 0. The first-order chi connectivity index (χ1) is 11.7. The van der Waals surface area contributed by atoms with Crippen molar-refractivity contribution in [1.29, 1.82) is 0 Å². The van der Waals surface area contributed by atoms with Gasteiger partial charge in [-0.15, -0.1) is 5.10 Å². The van der Waals surface area contributed by atoms with E-state index in [1.54, 1.807) is 4.90 Å². The number of amides is 2. The van der Waals surface area contributed by atoms with E-state index in [1.165, 1.54) is 0 Å². The zero-order chi connectivity index (χ0) is 18.2. The average Bonchev–Trinajstić information content (AvgIpc) is 3.15. The fourth-order valence-electron chi connectivity index (χ4n) is 2.54. The van der Waals surface area contributed by atoms with Gasteiger partial charge in [0.1, 0.15) is 0 Å². The van der Waals surface area contributed by atoms with E-state index in [0.717, 1.165) is 17.5 Å². The molecule has 2 heterocycles. The Bertz CT molecular complexity index is 920. The van der Waals surface area contributed by atoms with E-state index in [4.69, 9.17) is 0 Å². The van der Waals surface area contributed by atoms with E-state index in [-0.39, 0.29) is 30.0 Å². The fraction of sp³-hybridized carbons (Fsp3) is 0.333. The zero-order valence-corrected chi connectivity index (χ0v) is 14.5. The van der Waals surface area contributed by atoms with Crippen LogP contribution < -0.4 is 10.2 Å². The summed E-state index contributed by atoms with van der Waals surface area (Å²) in [5, 5.41) is 8.02. The Balaban J connectivity index is 1.68. The second-order valence-electron chi connectivity index (χ2n) is 5.97. The minimum atomic E-state index is -3.54. The molecular weight excluding hydrogens is 346 g/mol. The second-order valence-corrected chi connectivity index (χ2v) is 7.90. The lowest BCUT2D eigenvalue weighted by molar-refractivity contribution is -0.122. The molecule has 1 aliphatic heterocycles. The van der Waals surface area contributed by atoms with Gasteiger partial charge >= 0.3 is 0 Å². The quantitative estimate of drug-likeness (QED) is 0.815. The number of carbonyl (C=O) groups excluding carboxylic acids is 2. The molecule has 2 N–H and O–H groups in total. The molecule has 0 aliphatic carbocycles. The van der Waals surface area contributed by atoms with Crippen LogP contribution in [-0.2, 0) is 19.4 Å². The van der Waals surface area contributed by atoms with Crippen molar-refractivity contribution in [1.82, 2.24) is 15.2 Å². The van der Waals surface area contributed by atoms with Gasteiger partial charge in [-0.05, 0) is 19.1 Å². The van der Waals surface area contributed by atoms with Crippen molar-refractivity contribution in [3.63, 3.8) is 0 Å². The van der Waals surface area contributed by atoms with Crippen LogP contribution in [0, 0.1) is 12.8 Å². The molecule has 132 valence electrons. The molecule has 1 saturated heterocycles. The zero-order valence-electron chi connectivity index (χ0n) is 13.7. The lowest BCUT2D eigenvalue weighted by atomic mass is 10.1. The number of aromatic nitrogens is 3. The molecule has 2 aromatic rings. The number of carbonyl (C=O) groups is 2. The Morgan fingerprint density at radius 3 is 2.60 bits per heavy atom. The Labute approximate surface area is 144 Å². The largest absolute Gasteiger partial charge is 0.312 e.